The van der Waals surface area contributed by atoms with Gasteiger partial charge >= 0.3 is 0 Å². The Bertz CT molecular complexity index is 433. The lowest BCUT2D eigenvalue weighted by Gasteiger charge is -2.26. The molecule has 3 heteroatoms. The Balaban J connectivity index is 2.17. The van der Waals surface area contributed by atoms with Crippen molar-refractivity contribution in [3.8, 4) is 0 Å². The molecule has 0 heterocycles. The van der Waals surface area contributed by atoms with Crippen molar-refractivity contribution in [1.82, 2.24) is 5.32 Å². The lowest BCUT2D eigenvalue weighted by Crippen LogP contribution is -2.25. The van der Waals surface area contributed by atoms with Gasteiger partial charge in [0.15, 0.2) is 0 Å². The van der Waals surface area contributed by atoms with Crippen molar-refractivity contribution in [3.63, 3.8) is 0 Å². The van der Waals surface area contributed by atoms with Crippen molar-refractivity contribution in [1.29, 1.82) is 0 Å². The molecule has 0 radical (unpaired) electrons. The molecular weight excluding hydrogens is 300 g/mol. The summed E-state index contributed by atoms with van der Waals surface area (Å²) in [6, 6.07) is 7.01. The average Bonchev–Trinajstić information content (AvgIpc) is 3.04. The smallest absolute Gasteiger partial charge is 0.0412 e. The molecule has 19 heavy (non-hydrogen) atoms. The van der Waals surface area contributed by atoms with Crippen molar-refractivity contribution in [2.45, 2.75) is 33.2 Å². The fourth-order valence-electron chi connectivity index (χ4n) is 2.74. The minimum Gasteiger partial charge on any atom is -0.374 e. The van der Waals surface area contributed by atoms with Crippen LogP contribution < -0.4 is 10.2 Å². The van der Waals surface area contributed by atoms with Crippen molar-refractivity contribution in [3.05, 3.63) is 28.2 Å². The summed E-state index contributed by atoms with van der Waals surface area (Å²) in [4.78, 5) is 2.42. The van der Waals surface area contributed by atoms with Gasteiger partial charge in [0.1, 0.15) is 0 Å². The van der Waals surface area contributed by atoms with Crippen molar-refractivity contribution in [2.75, 3.05) is 25.0 Å². The van der Waals surface area contributed by atoms with Gasteiger partial charge < -0.3 is 10.2 Å². The van der Waals surface area contributed by atoms with Crippen LogP contribution in [0.4, 0.5) is 5.69 Å². The lowest BCUT2D eigenvalue weighted by molar-refractivity contribution is 0.595. The molecule has 0 amide bonds. The summed E-state index contributed by atoms with van der Waals surface area (Å²) in [6.07, 6.45) is 1.39. The summed E-state index contributed by atoms with van der Waals surface area (Å²) in [5, 5.41) is 3.51. The first-order chi connectivity index (χ1) is 9.02. The summed E-state index contributed by atoms with van der Waals surface area (Å²) in [7, 11) is 2.22. The van der Waals surface area contributed by atoms with Gasteiger partial charge in [-0.2, -0.15) is 0 Å². The maximum Gasteiger partial charge on any atom is 0.0412 e. The predicted molar refractivity (Wildman–Crippen MR) is 86.8 cm³/mol. The third kappa shape index (κ3) is 3.73. The summed E-state index contributed by atoms with van der Waals surface area (Å²) in [6.45, 7) is 8.92. The fraction of sp³-hybridized carbons (Fsp3) is 0.625. The standard InChI is InChI=1S/C16H25BrN2/c1-5-18-12(3)15-9-14(17)6-7-16(15)19(4)10-13-8-11(13)2/h6-7,9,11-13,18H,5,8,10H2,1-4H3. The van der Waals surface area contributed by atoms with Crippen LogP contribution in [0.25, 0.3) is 0 Å². The largest absolute Gasteiger partial charge is 0.374 e. The van der Waals surface area contributed by atoms with Crippen LogP contribution in [-0.2, 0) is 0 Å². The highest BCUT2D eigenvalue weighted by molar-refractivity contribution is 9.10. The second kappa shape index (κ2) is 6.27. The Morgan fingerprint density at radius 3 is 2.74 bits per heavy atom. The van der Waals surface area contributed by atoms with Gasteiger partial charge in [-0.1, -0.05) is 29.8 Å². The van der Waals surface area contributed by atoms with E-state index in [-0.39, 0.29) is 0 Å². The minimum absolute atomic E-state index is 0.386. The molecule has 1 aromatic carbocycles. The molecule has 1 aliphatic rings. The molecule has 3 unspecified atom stereocenters. The second-order valence-electron chi connectivity index (χ2n) is 5.84. The topological polar surface area (TPSA) is 15.3 Å². The van der Waals surface area contributed by atoms with Crippen LogP contribution in [0.3, 0.4) is 0 Å². The molecule has 1 fully saturated rings. The Morgan fingerprint density at radius 2 is 2.16 bits per heavy atom. The van der Waals surface area contributed by atoms with Crippen molar-refractivity contribution < 1.29 is 0 Å². The van der Waals surface area contributed by atoms with E-state index in [9.17, 15) is 0 Å². The number of benzene rings is 1. The van der Waals surface area contributed by atoms with E-state index in [2.05, 4.69) is 72.2 Å². The molecule has 1 saturated carbocycles. The zero-order valence-electron chi connectivity index (χ0n) is 12.4. The average molecular weight is 325 g/mol. The molecule has 1 aliphatic carbocycles. The summed E-state index contributed by atoms with van der Waals surface area (Å²) < 4.78 is 1.16. The van der Waals surface area contributed by atoms with E-state index >= 15 is 0 Å². The highest BCUT2D eigenvalue weighted by Gasteiger charge is 2.33. The molecule has 1 N–H and O–H groups in total. The highest BCUT2D eigenvalue weighted by Crippen LogP contribution is 2.39. The number of hydrogen-bond donors (Lipinski definition) is 1. The van der Waals surface area contributed by atoms with E-state index in [4.69, 9.17) is 0 Å². The Kier molecular flexibility index (Phi) is 4.91. The summed E-state index contributed by atoms with van der Waals surface area (Å²) in [5.41, 5.74) is 2.74. The van der Waals surface area contributed by atoms with Gasteiger partial charge in [0.2, 0.25) is 0 Å². The first-order valence-electron chi connectivity index (χ1n) is 7.26. The third-order valence-corrected chi connectivity index (χ3v) is 4.66. The molecule has 0 aliphatic heterocycles. The van der Waals surface area contributed by atoms with Crippen LogP contribution in [0.1, 0.15) is 38.8 Å². The Morgan fingerprint density at radius 1 is 1.47 bits per heavy atom. The second-order valence-corrected chi connectivity index (χ2v) is 6.75. The molecule has 2 nitrogen and oxygen atoms in total. The van der Waals surface area contributed by atoms with E-state index in [1.807, 2.05) is 0 Å². The maximum atomic E-state index is 3.59. The van der Waals surface area contributed by atoms with E-state index in [0.29, 0.717) is 6.04 Å². The first kappa shape index (κ1) is 14.9. The number of hydrogen-bond acceptors (Lipinski definition) is 2. The molecule has 2 rings (SSSR count). The van der Waals surface area contributed by atoms with Crippen molar-refractivity contribution in [2.24, 2.45) is 11.8 Å². The number of rotatable bonds is 6. The zero-order chi connectivity index (χ0) is 14.0. The summed E-state index contributed by atoms with van der Waals surface area (Å²) in [5.74, 6) is 1.79. The molecule has 0 spiro atoms. The quantitative estimate of drug-likeness (QED) is 0.843. The highest BCUT2D eigenvalue weighted by atomic mass is 79.9. The zero-order valence-corrected chi connectivity index (χ0v) is 14.0. The molecule has 0 saturated heterocycles. The van der Waals surface area contributed by atoms with Gasteiger partial charge in [0.05, 0.1) is 0 Å². The van der Waals surface area contributed by atoms with Gasteiger partial charge in [-0.25, -0.2) is 0 Å². The van der Waals surface area contributed by atoms with Gasteiger partial charge in [0, 0.05) is 29.8 Å². The van der Waals surface area contributed by atoms with Crippen LogP contribution in [0, 0.1) is 11.8 Å². The van der Waals surface area contributed by atoms with Crippen LogP contribution in [0.5, 0.6) is 0 Å². The van der Waals surface area contributed by atoms with Gasteiger partial charge in [-0.15, -0.1) is 0 Å². The molecular formula is C16H25BrN2. The van der Waals surface area contributed by atoms with Crippen LogP contribution in [0.15, 0.2) is 22.7 Å². The van der Waals surface area contributed by atoms with E-state index in [0.717, 1.165) is 22.9 Å². The van der Waals surface area contributed by atoms with E-state index in [1.165, 1.54) is 24.2 Å². The Labute approximate surface area is 125 Å². The number of nitrogens with zero attached hydrogens (tertiary/aromatic N) is 1. The fourth-order valence-corrected chi connectivity index (χ4v) is 3.12. The predicted octanol–water partition coefficient (Wildman–Crippen LogP) is 4.21. The minimum atomic E-state index is 0.386. The van der Waals surface area contributed by atoms with E-state index in [1.54, 1.807) is 0 Å². The lowest BCUT2D eigenvalue weighted by atomic mass is 10.0. The number of anilines is 1. The van der Waals surface area contributed by atoms with Crippen LogP contribution >= 0.6 is 15.9 Å². The summed E-state index contributed by atoms with van der Waals surface area (Å²) >= 11 is 3.59. The van der Waals surface area contributed by atoms with Gasteiger partial charge in [-0.3, -0.25) is 0 Å². The molecule has 0 bridgehead atoms. The van der Waals surface area contributed by atoms with Crippen LogP contribution in [-0.4, -0.2) is 20.1 Å². The number of halogens is 1. The molecule has 0 aromatic heterocycles. The van der Waals surface area contributed by atoms with Gasteiger partial charge in [-0.05, 0) is 55.5 Å². The third-order valence-electron chi connectivity index (χ3n) is 4.16. The molecule has 3 atom stereocenters. The first-order valence-corrected chi connectivity index (χ1v) is 8.06. The normalized spacial score (nSPS) is 23.2. The Hall–Kier alpha value is -0.540. The monoisotopic (exact) mass is 324 g/mol. The number of nitrogens with one attached hydrogen (secondary N) is 1. The molecule has 106 valence electrons. The SMILES string of the molecule is CCNC(C)c1cc(Br)ccc1N(C)CC1CC1C. The maximum absolute atomic E-state index is 3.59. The van der Waals surface area contributed by atoms with Crippen molar-refractivity contribution >= 4 is 21.6 Å². The van der Waals surface area contributed by atoms with E-state index < -0.39 is 0 Å². The molecule has 1 aromatic rings. The van der Waals surface area contributed by atoms with Crippen LogP contribution in [0.2, 0.25) is 0 Å². The van der Waals surface area contributed by atoms with Gasteiger partial charge in [0.25, 0.3) is 0 Å².